The quantitative estimate of drug-likeness (QED) is 0.611. The summed E-state index contributed by atoms with van der Waals surface area (Å²) in [6.07, 6.45) is 3.88. The van der Waals surface area contributed by atoms with Gasteiger partial charge in [0.15, 0.2) is 0 Å². The summed E-state index contributed by atoms with van der Waals surface area (Å²) < 4.78 is 32.1. The van der Waals surface area contributed by atoms with Crippen molar-refractivity contribution >= 4 is 0 Å². The Bertz CT molecular complexity index is 200. The monoisotopic (exact) mass is 290 g/mol. The molecule has 0 spiro atoms. The zero-order valence-electron chi connectivity index (χ0n) is 12.1. The number of ether oxygens (including phenoxy) is 6. The van der Waals surface area contributed by atoms with Crippen molar-refractivity contribution in [2.24, 2.45) is 0 Å². The molecule has 0 saturated heterocycles. The van der Waals surface area contributed by atoms with Crippen molar-refractivity contribution < 1.29 is 28.4 Å². The van der Waals surface area contributed by atoms with Gasteiger partial charge in [-0.2, -0.15) is 0 Å². The number of rotatable bonds is 0. The molecular weight excluding hydrogens is 264 g/mol. The van der Waals surface area contributed by atoms with Crippen LogP contribution in [0.5, 0.6) is 0 Å². The molecule has 1 heterocycles. The van der Waals surface area contributed by atoms with Crippen molar-refractivity contribution in [3.05, 3.63) is 12.2 Å². The lowest BCUT2D eigenvalue weighted by Crippen LogP contribution is -2.14. The molecule has 0 aromatic rings. The summed E-state index contributed by atoms with van der Waals surface area (Å²) in [5.41, 5.74) is 0. The van der Waals surface area contributed by atoms with Gasteiger partial charge in [0.05, 0.1) is 79.3 Å². The van der Waals surface area contributed by atoms with Crippen molar-refractivity contribution in [1.82, 2.24) is 0 Å². The van der Waals surface area contributed by atoms with Gasteiger partial charge < -0.3 is 28.4 Å². The van der Waals surface area contributed by atoms with Crippen molar-refractivity contribution in [3.63, 3.8) is 0 Å². The van der Waals surface area contributed by atoms with Crippen LogP contribution in [0.15, 0.2) is 12.2 Å². The summed E-state index contributed by atoms with van der Waals surface area (Å²) in [7, 11) is 0. The lowest BCUT2D eigenvalue weighted by Gasteiger charge is -2.08. The molecule has 0 fully saturated rings. The first kappa shape index (κ1) is 17.6. The van der Waals surface area contributed by atoms with E-state index in [4.69, 9.17) is 28.4 Å². The highest BCUT2D eigenvalue weighted by Gasteiger charge is 1.94. The normalized spacial score (nSPS) is 23.2. The Morgan fingerprint density at radius 2 is 0.600 bits per heavy atom. The second kappa shape index (κ2) is 14.9. The summed E-state index contributed by atoms with van der Waals surface area (Å²) in [5, 5.41) is 0. The smallest absolute Gasteiger partial charge is 0.0704 e. The predicted molar refractivity (Wildman–Crippen MR) is 74.1 cm³/mol. The molecular formula is C14H26O6. The molecule has 0 aliphatic carbocycles. The van der Waals surface area contributed by atoms with Gasteiger partial charge >= 0.3 is 0 Å². The third-order valence-electron chi connectivity index (χ3n) is 2.45. The summed E-state index contributed by atoms with van der Waals surface area (Å²) in [6.45, 7) is 6.98. The predicted octanol–water partition coefficient (Wildman–Crippen LogP) is 0.656. The minimum absolute atomic E-state index is 0.577. The highest BCUT2D eigenvalue weighted by molar-refractivity contribution is 4.81. The highest BCUT2D eigenvalue weighted by Crippen LogP contribution is 1.86. The van der Waals surface area contributed by atoms with E-state index in [2.05, 4.69) is 0 Å². The fourth-order valence-electron chi connectivity index (χ4n) is 1.44. The van der Waals surface area contributed by atoms with E-state index in [-0.39, 0.29) is 0 Å². The first-order valence-electron chi connectivity index (χ1n) is 7.11. The zero-order valence-corrected chi connectivity index (χ0v) is 12.1. The van der Waals surface area contributed by atoms with Crippen molar-refractivity contribution in [2.45, 2.75) is 0 Å². The average molecular weight is 290 g/mol. The molecule has 0 aromatic carbocycles. The van der Waals surface area contributed by atoms with Crippen LogP contribution in [0, 0.1) is 0 Å². The van der Waals surface area contributed by atoms with Crippen LogP contribution in [0.2, 0.25) is 0 Å². The van der Waals surface area contributed by atoms with Gasteiger partial charge in [0.2, 0.25) is 0 Å². The minimum atomic E-state index is 0.577. The molecule has 118 valence electrons. The van der Waals surface area contributed by atoms with Crippen LogP contribution in [0.4, 0.5) is 0 Å². The first-order valence-corrected chi connectivity index (χ1v) is 7.11. The van der Waals surface area contributed by atoms with Crippen molar-refractivity contribution in [2.75, 3.05) is 79.3 Å². The van der Waals surface area contributed by atoms with E-state index >= 15 is 0 Å². The molecule has 0 bridgehead atoms. The van der Waals surface area contributed by atoms with Crippen molar-refractivity contribution in [3.8, 4) is 0 Å². The van der Waals surface area contributed by atoms with Crippen molar-refractivity contribution in [1.29, 1.82) is 0 Å². The van der Waals surface area contributed by atoms with E-state index in [0.717, 1.165) is 0 Å². The van der Waals surface area contributed by atoms with Crippen LogP contribution in [-0.2, 0) is 28.4 Å². The Morgan fingerprint density at radius 1 is 0.350 bits per heavy atom. The summed E-state index contributed by atoms with van der Waals surface area (Å²) in [6, 6.07) is 0. The van der Waals surface area contributed by atoms with Crippen LogP contribution in [-0.4, -0.2) is 79.3 Å². The average Bonchev–Trinajstić information content (AvgIpc) is 2.46. The molecule has 0 aromatic heterocycles. The van der Waals surface area contributed by atoms with Gasteiger partial charge in [-0.15, -0.1) is 0 Å². The Hall–Kier alpha value is -0.500. The fraction of sp³-hybridized carbons (Fsp3) is 0.857. The third-order valence-corrected chi connectivity index (χ3v) is 2.45. The lowest BCUT2D eigenvalue weighted by molar-refractivity contribution is -0.0151. The van der Waals surface area contributed by atoms with E-state index in [9.17, 15) is 0 Å². The third kappa shape index (κ3) is 12.5. The van der Waals surface area contributed by atoms with Crippen LogP contribution >= 0.6 is 0 Å². The zero-order chi connectivity index (χ0) is 14.1. The maximum absolute atomic E-state index is 5.36. The van der Waals surface area contributed by atoms with Crippen LogP contribution < -0.4 is 0 Å². The Labute approximate surface area is 120 Å². The maximum atomic E-state index is 5.36. The topological polar surface area (TPSA) is 55.4 Å². The van der Waals surface area contributed by atoms with E-state index in [1.54, 1.807) is 0 Å². The molecule has 0 saturated carbocycles. The first-order chi connectivity index (χ1) is 10.0. The van der Waals surface area contributed by atoms with Gasteiger partial charge in [0, 0.05) is 0 Å². The molecule has 0 N–H and O–H groups in total. The molecule has 0 atom stereocenters. The van der Waals surface area contributed by atoms with Gasteiger partial charge in [0.1, 0.15) is 0 Å². The van der Waals surface area contributed by atoms with E-state index in [1.807, 2.05) is 12.2 Å². The molecule has 20 heavy (non-hydrogen) atoms. The number of hydrogen-bond donors (Lipinski definition) is 0. The van der Waals surface area contributed by atoms with Gasteiger partial charge in [-0.25, -0.2) is 0 Å². The second-order valence-electron chi connectivity index (χ2n) is 4.07. The van der Waals surface area contributed by atoms with Gasteiger partial charge in [-0.3, -0.25) is 0 Å². The maximum Gasteiger partial charge on any atom is 0.0704 e. The minimum Gasteiger partial charge on any atom is -0.377 e. The fourth-order valence-corrected chi connectivity index (χ4v) is 1.44. The summed E-state index contributed by atoms with van der Waals surface area (Å²) in [4.78, 5) is 0. The molecule has 1 aliphatic rings. The SMILES string of the molecule is C1=CCOCCOCCOCCOCCOCCOC1. The molecule has 1 aliphatic heterocycles. The molecule has 6 nitrogen and oxygen atoms in total. The standard InChI is InChI=1S/C14H26O6/c1-2-4-16-6-8-18-10-12-20-14-13-19-11-9-17-7-5-15-3-1/h1-2H,3-14H2. The molecule has 0 radical (unpaired) electrons. The van der Waals surface area contributed by atoms with Gasteiger partial charge in [-0.05, 0) is 0 Å². The van der Waals surface area contributed by atoms with E-state index < -0.39 is 0 Å². The highest BCUT2D eigenvalue weighted by atomic mass is 16.6. The summed E-state index contributed by atoms with van der Waals surface area (Å²) in [5.74, 6) is 0. The van der Waals surface area contributed by atoms with Crippen LogP contribution in [0.25, 0.3) is 0 Å². The Balaban J connectivity index is 2.06. The van der Waals surface area contributed by atoms with E-state index in [1.165, 1.54) is 0 Å². The molecule has 6 heteroatoms. The van der Waals surface area contributed by atoms with Crippen LogP contribution in [0.1, 0.15) is 0 Å². The summed E-state index contributed by atoms with van der Waals surface area (Å²) >= 11 is 0. The Kier molecular flexibility index (Phi) is 13.1. The molecule has 0 unspecified atom stereocenters. The van der Waals surface area contributed by atoms with Gasteiger partial charge in [-0.1, -0.05) is 12.2 Å². The largest absolute Gasteiger partial charge is 0.377 e. The van der Waals surface area contributed by atoms with E-state index in [0.29, 0.717) is 79.3 Å². The van der Waals surface area contributed by atoms with Crippen LogP contribution in [0.3, 0.4) is 0 Å². The molecule has 0 amide bonds. The van der Waals surface area contributed by atoms with Gasteiger partial charge in [0.25, 0.3) is 0 Å². The lowest BCUT2D eigenvalue weighted by atomic mass is 10.5. The Morgan fingerprint density at radius 3 is 0.900 bits per heavy atom. The molecule has 1 rings (SSSR count). The second-order valence-corrected chi connectivity index (χ2v) is 4.07. The number of hydrogen-bond acceptors (Lipinski definition) is 6.